The van der Waals surface area contributed by atoms with Gasteiger partial charge in [0.1, 0.15) is 11.6 Å². The number of H-pyrrole nitrogens is 1. The average molecular weight is 177 g/mol. The lowest BCUT2D eigenvalue weighted by atomic mass is 10.4. The highest BCUT2D eigenvalue weighted by Gasteiger charge is 1.97. The maximum atomic E-state index is 11.0. The van der Waals surface area contributed by atoms with Crippen LogP contribution >= 0.6 is 0 Å². The van der Waals surface area contributed by atoms with Crippen molar-refractivity contribution in [3.63, 3.8) is 0 Å². The van der Waals surface area contributed by atoms with E-state index in [-0.39, 0.29) is 5.56 Å². The van der Waals surface area contributed by atoms with Gasteiger partial charge in [0.15, 0.2) is 0 Å². The molecule has 0 saturated heterocycles. The molecule has 1 aromatic rings. The molecule has 4 heteroatoms. The third-order valence-electron chi connectivity index (χ3n) is 1.50. The largest absolute Gasteiger partial charge is 0.359 e. The van der Waals surface area contributed by atoms with Gasteiger partial charge in [-0.25, -0.2) is 4.98 Å². The van der Waals surface area contributed by atoms with E-state index in [2.05, 4.69) is 21.2 Å². The van der Waals surface area contributed by atoms with Crippen LogP contribution in [0.1, 0.15) is 12.7 Å². The summed E-state index contributed by atoms with van der Waals surface area (Å²) in [6.45, 7) is 2.29. The van der Waals surface area contributed by atoms with Gasteiger partial charge in [0.2, 0.25) is 0 Å². The van der Waals surface area contributed by atoms with Gasteiger partial charge in [0, 0.05) is 12.5 Å². The fourth-order valence-corrected chi connectivity index (χ4v) is 0.908. The van der Waals surface area contributed by atoms with Gasteiger partial charge in [-0.2, -0.15) is 0 Å². The number of aryl methyl sites for hydroxylation is 1. The van der Waals surface area contributed by atoms with Crippen molar-refractivity contribution in [3.05, 3.63) is 22.2 Å². The lowest BCUT2D eigenvalue weighted by molar-refractivity contribution is 0.920. The van der Waals surface area contributed by atoms with Crippen molar-refractivity contribution in [1.82, 2.24) is 9.97 Å². The summed E-state index contributed by atoms with van der Waals surface area (Å²) < 4.78 is 0. The van der Waals surface area contributed by atoms with E-state index in [9.17, 15) is 4.79 Å². The summed E-state index contributed by atoms with van der Waals surface area (Å²) in [7, 11) is 0. The Bertz CT molecular complexity index is 375. The molecule has 0 fully saturated rings. The summed E-state index contributed by atoms with van der Waals surface area (Å²) in [5.41, 5.74) is -0.161. The van der Waals surface area contributed by atoms with Gasteiger partial charge < -0.3 is 10.3 Å². The maximum Gasteiger partial charge on any atom is 0.252 e. The van der Waals surface area contributed by atoms with Gasteiger partial charge >= 0.3 is 0 Å². The third-order valence-corrected chi connectivity index (χ3v) is 1.50. The quantitative estimate of drug-likeness (QED) is 0.656. The number of aromatic nitrogens is 2. The summed E-state index contributed by atoms with van der Waals surface area (Å²) in [4.78, 5) is 17.8. The van der Waals surface area contributed by atoms with Gasteiger partial charge in [-0.1, -0.05) is 12.8 Å². The second-order valence-electron chi connectivity index (χ2n) is 2.49. The first-order valence-electron chi connectivity index (χ1n) is 4.04. The normalized spacial score (nSPS) is 9.23. The minimum atomic E-state index is -0.161. The van der Waals surface area contributed by atoms with E-state index in [0.717, 1.165) is 0 Å². The molecular formula is C9H11N3O. The summed E-state index contributed by atoms with van der Waals surface area (Å²) in [6.07, 6.45) is 5.75. The Labute approximate surface area is 76.4 Å². The fourth-order valence-electron chi connectivity index (χ4n) is 0.908. The second kappa shape index (κ2) is 4.31. The number of hydrogen-bond donors (Lipinski definition) is 2. The topological polar surface area (TPSA) is 57.8 Å². The van der Waals surface area contributed by atoms with Crippen molar-refractivity contribution in [2.24, 2.45) is 0 Å². The molecule has 0 aliphatic carbocycles. The molecule has 68 valence electrons. The van der Waals surface area contributed by atoms with E-state index in [4.69, 9.17) is 6.42 Å². The van der Waals surface area contributed by atoms with Gasteiger partial charge in [-0.15, -0.1) is 6.42 Å². The van der Waals surface area contributed by atoms with Gasteiger partial charge in [0.05, 0.1) is 6.54 Å². The van der Waals surface area contributed by atoms with E-state index >= 15 is 0 Å². The molecular weight excluding hydrogens is 166 g/mol. The van der Waals surface area contributed by atoms with Crippen LogP contribution in [0, 0.1) is 12.3 Å². The highest BCUT2D eigenvalue weighted by molar-refractivity contribution is 5.34. The van der Waals surface area contributed by atoms with Crippen LogP contribution in [0.5, 0.6) is 0 Å². The van der Waals surface area contributed by atoms with Crippen molar-refractivity contribution < 1.29 is 0 Å². The lowest BCUT2D eigenvalue weighted by Crippen LogP contribution is -2.13. The van der Waals surface area contributed by atoms with Crippen molar-refractivity contribution in [2.75, 3.05) is 11.9 Å². The molecule has 2 N–H and O–H groups in total. The molecule has 0 amide bonds. The van der Waals surface area contributed by atoms with E-state index in [0.29, 0.717) is 24.6 Å². The molecule has 0 bridgehead atoms. The zero-order valence-electron chi connectivity index (χ0n) is 7.42. The number of anilines is 1. The Morgan fingerprint density at radius 3 is 3.15 bits per heavy atom. The van der Waals surface area contributed by atoms with Gasteiger partial charge in [0.25, 0.3) is 5.56 Å². The van der Waals surface area contributed by atoms with Crippen molar-refractivity contribution >= 4 is 5.82 Å². The molecule has 0 spiro atoms. The first kappa shape index (κ1) is 9.33. The Kier molecular flexibility index (Phi) is 3.09. The molecule has 0 radical (unpaired) electrons. The molecule has 0 unspecified atom stereocenters. The summed E-state index contributed by atoms with van der Waals surface area (Å²) in [6, 6.07) is 1.39. The van der Waals surface area contributed by atoms with Crippen LogP contribution in [-0.2, 0) is 6.42 Å². The SMILES string of the molecule is C#CCNc1cc(=O)[nH]c(CC)n1. The zero-order valence-corrected chi connectivity index (χ0v) is 7.42. The second-order valence-corrected chi connectivity index (χ2v) is 2.49. The van der Waals surface area contributed by atoms with E-state index in [1.54, 1.807) is 0 Å². The zero-order chi connectivity index (χ0) is 9.68. The third kappa shape index (κ3) is 2.64. The fraction of sp³-hybridized carbons (Fsp3) is 0.333. The molecule has 0 aliphatic heterocycles. The highest BCUT2D eigenvalue weighted by Crippen LogP contribution is 1.97. The number of terminal acetylenes is 1. The van der Waals surface area contributed by atoms with Gasteiger partial charge in [-0.05, 0) is 0 Å². The van der Waals surface area contributed by atoms with Gasteiger partial charge in [-0.3, -0.25) is 4.79 Å². The smallest absolute Gasteiger partial charge is 0.252 e. The van der Waals surface area contributed by atoms with Crippen molar-refractivity contribution in [3.8, 4) is 12.3 Å². The minimum Gasteiger partial charge on any atom is -0.359 e. The Hall–Kier alpha value is -1.76. The summed E-state index contributed by atoms with van der Waals surface area (Å²) >= 11 is 0. The summed E-state index contributed by atoms with van der Waals surface area (Å²) in [5, 5.41) is 2.84. The Morgan fingerprint density at radius 1 is 1.77 bits per heavy atom. The van der Waals surface area contributed by atoms with Crippen LogP contribution in [-0.4, -0.2) is 16.5 Å². The van der Waals surface area contributed by atoms with Crippen molar-refractivity contribution in [2.45, 2.75) is 13.3 Å². The van der Waals surface area contributed by atoms with Crippen molar-refractivity contribution in [1.29, 1.82) is 0 Å². The van der Waals surface area contributed by atoms with Crippen LogP contribution < -0.4 is 10.9 Å². The standard InChI is InChI=1S/C9H11N3O/c1-3-5-10-8-6-9(13)12-7(4-2)11-8/h1,6H,4-5H2,2H3,(H2,10,11,12,13). The van der Waals surface area contributed by atoms with Crippen LogP contribution in [0.3, 0.4) is 0 Å². The van der Waals surface area contributed by atoms with E-state index in [1.807, 2.05) is 6.92 Å². The summed E-state index contributed by atoms with van der Waals surface area (Å²) in [5.74, 6) is 3.60. The molecule has 1 heterocycles. The predicted octanol–water partition coefficient (Wildman–Crippen LogP) is 0.377. The molecule has 0 atom stereocenters. The molecule has 13 heavy (non-hydrogen) atoms. The predicted molar refractivity (Wildman–Crippen MR) is 51.6 cm³/mol. The number of hydrogen-bond acceptors (Lipinski definition) is 3. The van der Waals surface area contributed by atoms with E-state index in [1.165, 1.54) is 6.07 Å². The molecule has 0 aliphatic rings. The van der Waals surface area contributed by atoms with Crippen LogP contribution in [0.4, 0.5) is 5.82 Å². The van der Waals surface area contributed by atoms with Crippen LogP contribution in [0.25, 0.3) is 0 Å². The minimum absolute atomic E-state index is 0.161. The first-order chi connectivity index (χ1) is 6.26. The molecule has 1 aromatic heterocycles. The Morgan fingerprint density at radius 2 is 2.54 bits per heavy atom. The number of rotatable bonds is 3. The Balaban J connectivity index is 2.90. The maximum absolute atomic E-state index is 11.0. The molecule has 1 rings (SSSR count). The number of nitrogens with one attached hydrogen (secondary N) is 2. The lowest BCUT2D eigenvalue weighted by Gasteiger charge is -2.02. The highest BCUT2D eigenvalue weighted by atomic mass is 16.1. The monoisotopic (exact) mass is 177 g/mol. The van der Waals surface area contributed by atoms with E-state index < -0.39 is 0 Å². The average Bonchev–Trinajstić information content (AvgIpc) is 2.14. The number of nitrogens with zero attached hydrogens (tertiary/aromatic N) is 1. The molecule has 0 aromatic carbocycles. The molecule has 0 saturated carbocycles. The first-order valence-corrected chi connectivity index (χ1v) is 4.04. The van der Waals surface area contributed by atoms with Crippen LogP contribution in [0.2, 0.25) is 0 Å². The molecule has 4 nitrogen and oxygen atoms in total. The van der Waals surface area contributed by atoms with Crippen LogP contribution in [0.15, 0.2) is 10.9 Å². The number of aromatic amines is 1.